The summed E-state index contributed by atoms with van der Waals surface area (Å²) in [6.07, 6.45) is -1.84. The van der Waals surface area contributed by atoms with Crippen molar-refractivity contribution in [3.8, 4) is 0 Å². The molecule has 0 aromatic heterocycles. The average molecular weight is 530 g/mol. The van der Waals surface area contributed by atoms with Crippen LogP contribution >= 0.6 is 0 Å². The van der Waals surface area contributed by atoms with Gasteiger partial charge in [0.05, 0.1) is 10.3 Å². The van der Waals surface area contributed by atoms with Crippen LogP contribution in [0.5, 0.6) is 0 Å². The first kappa shape index (κ1) is 24.6. The van der Waals surface area contributed by atoms with Gasteiger partial charge in [0.25, 0.3) is 9.84 Å². The average Bonchev–Trinajstić information content (AvgIpc) is 2.64. The van der Waals surface area contributed by atoms with Crippen molar-refractivity contribution in [1.82, 2.24) is 0 Å². The Kier molecular flexibility index (Phi) is 5.23. The van der Waals surface area contributed by atoms with Crippen LogP contribution in [0.3, 0.4) is 0 Å². The molecular formula is C18H15F9O4S2. The van der Waals surface area contributed by atoms with Gasteiger partial charge in [-0.2, -0.15) is 13.2 Å². The predicted octanol–water partition coefficient (Wildman–Crippen LogP) is 4.79. The Bertz CT molecular complexity index is 1200. The van der Waals surface area contributed by atoms with Gasteiger partial charge in [-0.1, -0.05) is 0 Å². The molecule has 3 unspecified atom stereocenters. The molecular weight excluding hydrogens is 515 g/mol. The number of hydrogen-bond donors (Lipinski definition) is 0. The third-order valence-corrected chi connectivity index (χ3v) is 12.4. The third-order valence-electron chi connectivity index (χ3n) is 6.91. The fourth-order valence-corrected chi connectivity index (χ4v) is 11.5. The lowest BCUT2D eigenvalue weighted by Gasteiger charge is -2.58. The number of rotatable bonds is 4. The molecule has 1 aromatic rings. The Labute approximate surface area is 182 Å². The molecule has 186 valence electrons. The van der Waals surface area contributed by atoms with Gasteiger partial charge in [-0.05, 0) is 43.9 Å². The van der Waals surface area contributed by atoms with E-state index in [4.69, 9.17) is 0 Å². The highest BCUT2D eigenvalue weighted by Gasteiger charge is 2.69. The van der Waals surface area contributed by atoms with Crippen molar-refractivity contribution in [3.63, 3.8) is 0 Å². The largest absolute Gasteiger partial charge is 0.499 e. The van der Waals surface area contributed by atoms with E-state index in [0.717, 1.165) is 0 Å². The minimum absolute atomic E-state index is 0.125. The summed E-state index contributed by atoms with van der Waals surface area (Å²) in [5.74, 6) is -15.8. The summed E-state index contributed by atoms with van der Waals surface area (Å²) in [5.41, 5.74) is -11.3. The Morgan fingerprint density at radius 3 is 1.58 bits per heavy atom. The normalized spacial score (nSPS) is 32.9. The van der Waals surface area contributed by atoms with Crippen molar-refractivity contribution >= 4 is 19.7 Å². The van der Waals surface area contributed by atoms with E-state index < -0.39 is 106 Å². The lowest BCUT2D eigenvalue weighted by molar-refractivity contribution is -0.0624. The lowest BCUT2D eigenvalue weighted by Crippen LogP contribution is -2.61. The minimum atomic E-state index is -7.10. The van der Waals surface area contributed by atoms with Crippen LogP contribution in [-0.4, -0.2) is 32.8 Å². The van der Waals surface area contributed by atoms with Gasteiger partial charge in [0.15, 0.2) is 33.1 Å². The van der Waals surface area contributed by atoms with Crippen molar-refractivity contribution < 1.29 is 56.3 Å². The molecule has 4 fully saturated rings. The molecule has 4 aliphatic carbocycles. The Balaban J connectivity index is 2.03. The molecule has 0 saturated heterocycles. The molecule has 3 atom stereocenters. The van der Waals surface area contributed by atoms with Crippen molar-refractivity contribution in [3.05, 3.63) is 34.6 Å². The van der Waals surface area contributed by atoms with Crippen LogP contribution in [0.2, 0.25) is 0 Å². The maximum atomic E-state index is 15.2. The summed E-state index contributed by atoms with van der Waals surface area (Å²) in [4.78, 5) is 0. The molecule has 1 aromatic carbocycles. The summed E-state index contributed by atoms with van der Waals surface area (Å²) in [7, 11) is -13.0. The first-order valence-electron chi connectivity index (χ1n) is 9.61. The molecule has 0 spiro atoms. The minimum Gasteiger partial charge on any atom is -0.244 e. The molecule has 0 N–H and O–H groups in total. The van der Waals surface area contributed by atoms with Crippen molar-refractivity contribution in [1.29, 1.82) is 0 Å². The van der Waals surface area contributed by atoms with Gasteiger partial charge in [-0.15, -0.1) is 0 Å². The van der Waals surface area contributed by atoms with Crippen LogP contribution in [0.15, 0.2) is 0 Å². The highest BCUT2D eigenvalue weighted by atomic mass is 32.3. The van der Waals surface area contributed by atoms with Crippen LogP contribution in [0.1, 0.15) is 48.7 Å². The SMILES string of the molecule is O=S(=O)(C(c1c(F)c(F)c(F)c(F)c1F)S(=O)(=O)C12CC3CC(CC(F)(C3)C1)C2)C(F)(F)F. The van der Waals surface area contributed by atoms with Gasteiger partial charge in [-0.25, -0.2) is 43.2 Å². The van der Waals surface area contributed by atoms with E-state index in [0.29, 0.717) is 6.42 Å². The lowest BCUT2D eigenvalue weighted by atomic mass is 9.54. The van der Waals surface area contributed by atoms with Crippen LogP contribution in [-0.2, 0) is 19.7 Å². The maximum absolute atomic E-state index is 15.2. The van der Waals surface area contributed by atoms with Gasteiger partial charge < -0.3 is 0 Å². The van der Waals surface area contributed by atoms with Crippen molar-refractivity contribution in [2.45, 2.75) is 59.0 Å². The monoisotopic (exact) mass is 530 g/mol. The number of sulfone groups is 2. The Morgan fingerprint density at radius 1 is 0.758 bits per heavy atom. The van der Waals surface area contributed by atoms with Crippen LogP contribution in [0.25, 0.3) is 0 Å². The topological polar surface area (TPSA) is 68.3 Å². The highest BCUT2D eigenvalue weighted by Crippen LogP contribution is 2.64. The van der Waals surface area contributed by atoms with E-state index in [2.05, 4.69) is 0 Å². The zero-order valence-corrected chi connectivity index (χ0v) is 18.0. The van der Waals surface area contributed by atoms with Gasteiger partial charge in [0, 0.05) is 6.42 Å². The third kappa shape index (κ3) is 3.31. The second kappa shape index (κ2) is 7.01. The second-order valence-corrected chi connectivity index (χ2v) is 13.9. The molecule has 4 aliphatic rings. The van der Waals surface area contributed by atoms with Gasteiger partial charge in [-0.3, -0.25) is 0 Å². The van der Waals surface area contributed by atoms with Crippen LogP contribution < -0.4 is 0 Å². The molecule has 0 amide bonds. The number of alkyl halides is 4. The maximum Gasteiger partial charge on any atom is 0.499 e. The molecule has 0 aliphatic heterocycles. The van der Waals surface area contributed by atoms with Crippen LogP contribution in [0.4, 0.5) is 39.5 Å². The summed E-state index contributed by atoms with van der Waals surface area (Å²) in [5, 5.41) is 0. The fourth-order valence-electron chi connectivity index (χ4n) is 6.06. The van der Waals surface area contributed by atoms with E-state index in [1.165, 1.54) is 0 Å². The van der Waals surface area contributed by atoms with Crippen molar-refractivity contribution in [2.75, 3.05) is 0 Å². The van der Waals surface area contributed by atoms with Crippen molar-refractivity contribution in [2.24, 2.45) is 11.8 Å². The summed E-state index contributed by atoms with van der Waals surface area (Å²) >= 11 is 0. The van der Waals surface area contributed by atoms with E-state index in [1.807, 2.05) is 0 Å². The van der Waals surface area contributed by atoms with Crippen LogP contribution in [0, 0.1) is 40.9 Å². The quantitative estimate of drug-likeness (QED) is 0.319. The molecule has 4 nitrogen and oxygen atoms in total. The van der Waals surface area contributed by atoms with E-state index in [9.17, 15) is 52.0 Å². The first-order valence-corrected chi connectivity index (χ1v) is 12.7. The summed E-state index contributed by atoms with van der Waals surface area (Å²) < 4.78 is 170. The zero-order chi connectivity index (χ0) is 24.9. The predicted molar refractivity (Wildman–Crippen MR) is 94.1 cm³/mol. The number of halogens is 9. The molecule has 15 heteroatoms. The number of hydrogen-bond acceptors (Lipinski definition) is 4. The standard InChI is InChI=1S/C18H15F9O4S2/c19-10-9(11(20)13(22)14(23)12(10)21)15(33(30,31)18(25,26)27)32(28,29)17-4-7-1-8(5-17)3-16(24,2-7)6-17/h7-8,15H,1-6H2. The number of benzene rings is 1. The van der Waals surface area contributed by atoms with Gasteiger partial charge in [0.1, 0.15) is 5.67 Å². The Morgan fingerprint density at radius 2 is 1.18 bits per heavy atom. The van der Waals surface area contributed by atoms with E-state index in [1.54, 1.807) is 0 Å². The van der Waals surface area contributed by atoms with Gasteiger partial charge >= 0.3 is 5.51 Å². The van der Waals surface area contributed by atoms with E-state index in [-0.39, 0.29) is 12.8 Å². The highest BCUT2D eigenvalue weighted by molar-refractivity contribution is 8.09. The molecule has 0 heterocycles. The molecule has 0 radical (unpaired) electrons. The second-order valence-electron chi connectivity index (χ2n) is 9.15. The molecule has 4 saturated carbocycles. The molecule has 5 rings (SSSR count). The zero-order valence-electron chi connectivity index (χ0n) is 16.3. The van der Waals surface area contributed by atoms with E-state index >= 15 is 4.39 Å². The molecule has 4 bridgehead atoms. The summed E-state index contributed by atoms with van der Waals surface area (Å²) in [6.45, 7) is 0. The fraction of sp³-hybridized carbons (Fsp3) is 0.667. The smallest absolute Gasteiger partial charge is 0.244 e. The van der Waals surface area contributed by atoms with Gasteiger partial charge in [0.2, 0.25) is 10.4 Å². The Hall–Kier alpha value is -1.51. The summed E-state index contributed by atoms with van der Waals surface area (Å²) in [6, 6.07) is 0. The molecule has 33 heavy (non-hydrogen) atoms. The first-order chi connectivity index (χ1) is 14.9.